The maximum Gasteiger partial charge on any atom is 0.321 e. The smallest absolute Gasteiger partial charge is 0.321 e. The van der Waals surface area contributed by atoms with Crippen LogP contribution < -0.4 is 10.6 Å². The number of hydrogen-bond acceptors (Lipinski definition) is 2. The average molecular weight is 289 g/mol. The van der Waals surface area contributed by atoms with E-state index < -0.39 is 0 Å². The van der Waals surface area contributed by atoms with E-state index in [1.807, 2.05) is 24.1 Å². The van der Waals surface area contributed by atoms with Gasteiger partial charge < -0.3 is 15.5 Å². The lowest BCUT2D eigenvalue weighted by molar-refractivity contribution is 0.205. The molecule has 1 aliphatic carbocycles. The minimum absolute atomic E-state index is 0.00520. The van der Waals surface area contributed by atoms with Gasteiger partial charge in [0.1, 0.15) is 0 Å². The Morgan fingerprint density at radius 3 is 2.48 bits per heavy atom. The number of amides is 2. The second kappa shape index (κ2) is 7.46. The summed E-state index contributed by atoms with van der Waals surface area (Å²) in [7, 11) is 1.90. The number of carbonyl (C=O) groups is 1. The molecule has 2 rings (SSSR count). The number of carbonyl (C=O) groups excluding carboxylic acids is 1. The Morgan fingerprint density at radius 1 is 1.29 bits per heavy atom. The van der Waals surface area contributed by atoms with E-state index in [2.05, 4.69) is 36.6 Å². The predicted molar refractivity (Wildman–Crippen MR) is 87.6 cm³/mol. The van der Waals surface area contributed by atoms with Gasteiger partial charge in [-0.15, -0.1) is 0 Å². The topological polar surface area (TPSA) is 44.4 Å². The highest BCUT2D eigenvalue weighted by atomic mass is 16.2. The molecular weight excluding hydrogens is 262 g/mol. The van der Waals surface area contributed by atoms with E-state index in [1.54, 1.807) is 0 Å². The Morgan fingerprint density at radius 2 is 1.90 bits per heavy atom. The van der Waals surface area contributed by atoms with E-state index in [4.69, 9.17) is 0 Å². The van der Waals surface area contributed by atoms with Gasteiger partial charge in [-0.3, -0.25) is 0 Å². The quantitative estimate of drug-likeness (QED) is 0.866. The van der Waals surface area contributed by atoms with Crippen LogP contribution in [0.25, 0.3) is 0 Å². The van der Waals surface area contributed by atoms with E-state index in [9.17, 15) is 4.79 Å². The van der Waals surface area contributed by atoms with Gasteiger partial charge >= 0.3 is 6.03 Å². The van der Waals surface area contributed by atoms with Gasteiger partial charge in [0.2, 0.25) is 0 Å². The Hall–Kier alpha value is -1.55. The Kier molecular flexibility index (Phi) is 5.62. The molecule has 2 N–H and O–H groups in total. The highest BCUT2D eigenvalue weighted by Gasteiger charge is 2.23. The van der Waals surface area contributed by atoms with Crippen LogP contribution >= 0.6 is 0 Å². The number of benzene rings is 1. The lowest BCUT2D eigenvalue weighted by atomic mass is 10.1. The molecule has 4 heteroatoms. The third-order valence-electron chi connectivity index (χ3n) is 4.37. The van der Waals surface area contributed by atoms with Crippen molar-refractivity contribution in [2.45, 2.75) is 51.6 Å². The van der Waals surface area contributed by atoms with Gasteiger partial charge in [-0.05, 0) is 44.0 Å². The second-order valence-corrected chi connectivity index (χ2v) is 5.88. The van der Waals surface area contributed by atoms with E-state index >= 15 is 0 Å². The van der Waals surface area contributed by atoms with E-state index in [0.717, 1.165) is 25.1 Å². The molecule has 0 heterocycles. The molecule has 0 aromatic heterocycles. The lowest BCUT2D eigenvalue weighted by Gasteiger charge is -2.24. The van der Waals surface area contributed by atoms with E-state index in [0.29, 0.717) is 12.1 Å². The van der Waals surface area contributed by atoms with Crippen LogP contribution in [-0.2, 0) is 0 Å². The van der Waals surface area contributed by atoms with Crippen LogP contribution in [0.1, 0.15) is 51.1 Å². The first-order valence-corrected chi connectivity index (χ1v) is 7.99. The SMILES string of the molecule is CCNC(C)c1ccc(NC(=O)N(C)C2CCCC2)cc1. The highest BCUT2D eigenvalue weighted by Crippen LogP contribution is 2.23. The number of nitrogens with zero attached hydrogens (tertiary/aromatic N) is 1. The third-order valence-corrected chi connectivity index (χ3v) is 4.37. The fourth-order valence-corrected chi connectivity index (χ4v) is 2.95. The summed E-state index contributed by atoms with van der Waals surface area (Å²) in [6.07, 6.45) is 4.73. The Labute approximate surface area is 127 Å². The van der Waals surface area contributed by atoms with Crippen LogP contribution in [0.15, 0.2) is 24.3 Å². The lowest BCUT2D eigenvalue weighted by Crippen LogP contribution is -2.38. The summed E-state index contributed by atoms with van der Waals surface area (Å²) in [5.41, 5.74) is 2.09. The number of hydrogen-bond donors (Lipinski definition) is 2. The highest BCUT2D eigenvalue weighted by molar-refractivity contribution is 5.89. The van der Waals surface area contributed by atoms with Crippen molar-refractivity contribution in [3.63, 3.8) is 0 Å². The van der Waals surface area contributed by atoms with Crippen LogP contribution in [0.3, 0.4) is 0 Å². The van der Waals surface area contributed by atoms with Crippen molar-refractivity contribution in [1.29, 1.82) is 0 Å². The maximum atomic E-state index is 12.2. The summed E-state index contributed by atoms with van der Waals surface area (Å²) < 4.78 is 0. The zero-order valence-corrected chi connectivity index (χ0v) is 13.4. The minimum Gasteiger partial charge on any atom is -0.325 e. The largest absolute Gasteiger partial charge is 0.325 e. The Balaban J connectivity index is 1.91. The standard InChI is InChI=1S/C17H27N3O/c1-4-18-13(2)14-9-11-15(12-10-14)19-17(21)20(3)16-7-5-6-8-16/h9-13,16,18H,4-8H2,1-3H3,(H,19,21). The molecule has 1 saturated carbocycles. The summed E-state index contributed by atoms with van der Waals surface area (Å²) in [6, 6.07) is 8.82. The Bertz CT molecular complexity index is 452. The molecule has 0 spiro atoms. The van der Waals surface area contributed by atoms with Crippen LogP contribution in [0.4, 0.5) is 10.5 Å². The fraction of sp³-hybridized carbons (Fsp3) is 0.588. The first kappa shape index (κ1) is 15.8. The fourth-order valence-electron chi connectivity index (χ4n) is 2.95. The molecule has 1 atom stereocenters. The van der Waals surface area contributed by atoms with Crippen molar-refractivity contribution in [2.75, 3.05) is 18.9 Å². The summed E-state index contributed by atoms with van der Waals surface area (Å²) in [5.74, 6) is 0. The maximum absolute atomic E-state index is 12.2. The van der Waals surface area contributed by atoms with Gasteiger partial charge in [0.05, 0.1) is 0 Å². The molecule has 0 bridgehead atoms. The van der Waals surface area contributed by atoms with Gasteiger partial charge in [-0.1, -0.05) is 31.9 Å². The zero-order valence-electron chi connectivity index (χ0n) is 13.4. The van der Waals surface area contributed by atoms with Gasteiger partial charge in [0, 0.05) is 24.8 Å². The normalized spacial score (nSPS) is 16.7. The van der Waals surface area contributed by atoms with Crippen LogP contribution in [0.5, 0.6) is 0 Å². The molecule has 4 nitrogen and oxygen atoms in total. The second-order valence-electron chi connectivity index (χ2n) is 5.88. The molecule has 2 amide bonds. The number of nitrogens with one attached hydrogen (secondary N) is 2. The number of rotatable bonds is 5. The van der Waals surface area contributed by atoms with Crippen LogP contribution in [-0.4, -0.2) is 30.6 Å². The molecule has 1 fully saturated rings. The van der Waals surface area contributed by atoms with E-state index in [-0.39, 0.29) is 6.03 Å². The van der Waals surface area contributed by atoms with Gasteiger partial charge in [0.25, 0.3) is 0 Å². The summed E-state index contributed by atoms with van der Waals surface area (Å²) in [6.45, 7) is 5.20. The molecule has 21 heavy (non-hydrogen) atoms. The van der Waals surface area contributed by atoms with Crippen molar-refractivity contribution in [3.05, 3.63) is 29.8 Å². The molecule has 116 valence electrons. The first-order chi connectivity index (χ1) is 10.1. The van der Waals surface area contributed by atoms with Crippen molar-refractivity contribution in [3.8, 4) is 0 Å². The molecule has 0 radical (unpaired) electrons. The first-order valence-electron chi connectivity index (χ1n) is 7.99. The van der Waals surface area contributed by atoms with Gasteiger partial charge in [0.15, 0.2) is 0 Å². The molecule has 1 aromatic rings. The van der Waals surface area contributed by atoms with Crippen LogP contribution in [0.2, 0.25) is 0 Å². The van der Waals surface area contributed by atoms with Crippen molar-refractivity contribution >= 4 is 11.7 Å². The molecule has 1 aromatic carbocycles. The summed E-state index contributed by atoms with van der Waals surface area (Å²) in [5, 5.41) is 6.37. The van der Waals surface area contributed by atoms with Crippen LogP contribution in [0, 0.1) is 0 Å². The minimum atomic E-state index is -0.00520. The molecule has 0 aliphatic heterocycles. The van der Waals surface area contributed by atoms with Gasteiger partial charge in [-0.2, -0.15) is 0 Å². The molecule has 1 aliphatic rings. The zero-order chi connectivity index (χ0) is 15.2. The molecule has 0 saturated heterocycles. The molecular formula is C17H27N3O. The molecule has 1 unspecified atom stereocenters. The average Bonchev–Trinajstić information content (AvgIpc) is 3.01. The third kappa shape index (κ3) is 4.21. The summed E-state index contributed by atoms with van der Waals surface area (Å²) >= 11 is 0. The van der Waals surface area contributed by atoms with Crippen molar-refractivity contribution in [1.82, 2.24) is 10.2 Å². The predicted octanol–water partition coefficient (Wildman–Crippen LogP) is 3.76. The van der Waals surface area contributed by atoms with Gasteiger partial charge in [-0.25, -0.2) is 4.79 Å². The monoisotopic (exact) mass is 289 g/mol. The number of anilines is 1. The van der Waals surface area contributed by atoms with Crippen molar-refractivity contribution < 1.29 is 4.79 Å². The van der Waals surface area contributed by atoms with Crippen molar-refractivity contribution in [2.24, 2.45) is 0 Å². The summed E-state index contributed by atoms with van der Waals surface area (Å²) in [4.78, 5) is 14.1. The number of urea groups is 1. The van der Waals surface area contributed by atoms with E-state index in [1.165, 1.54) is 18.4 Å².